The Morgan fingerprint density at radius 1 is 1.47 bits per heavy atom. The van der Waals surface area contributed by atoms with E-state index in [0.717, 1.165) is 0 Å². The lowest BCUT2D eigenvalue weighted by Crippen LogP contribution is -2.02. The van der Waals surface area contributed by atoms with Gasteiger partial charge in [-0.2, -0.15) is 8.78 Å². The molecular weight excluding hydrogens is 226 g/mol. The van der Waals surface area contributed by atoms with Crippen LogP contribution in [0.3, 0.4) is 0 Å². The highest BCUT2D eigenvalue weighted by Crippen LogP contribution is 2.27. The largest absolute Gasteiger partial charge is 0.432 e. The monoisotopic (exact) mass is 232 g/mol. The van der Waals surface area contributed by atoms with Crippen molar-refractivity contribution in [2.75, 3.05) is 0 Å². The number of aromatic nitrogens is 2. The topological polar surface area (TPSA) is 37.9 Å². The average Bonchev–Trinajstić information content (AvgIpc) is 2.64. The van der Waals surface area contributed by atoms with Crippen LogP contribution < -0.4 is 4.74 Å². The summed E-state index contributed by atoms with van der Waals surface area (Å²) in [7, 11) is 0. The number of H-pyrrole nitrogens is 1. The summed E-state index contributed by atoms with van der Waals surface area (Å²) in [5.41, 5.74) is 1.71. The summed E-state index contributed by atoms with van der Waals surface area (Å²) in [4.78, 5) is 6.70. The highest BCUT2D eigenvalue weighted by molar-refractivity contribution is 6.17. The fraction of sp³-hybridized carbons (Fsp3) is 0.222. The molecule has 0 amide bonds. The average molecular weight is 233 g/mol. The number of aromatic amines is 1. The van der Waals surface area contributed by atoms with Crippen molar-refractivity contribution in [2.24, 2.45) is 0 Å². The van der Waals surface area contributed by atoms with Crippen molar-refractivity contribution in [1.82, 2.24) is 9.97 Å². The van der Waals surface area contributed by atoms with Crippen molar-refractivity contribution in [3.63, 3.8) is 0 Å². The number of hydrogen-bond acceptors (Lipinski definition) is 2. The molecule has 0 aliphatic rings. The Morgan fingerprint density at radius 2 is 2.27 bits per heavy atom. The van der Waals surface area contributed by atoms with Crippen LogP contribution >= 0.6 is 11.6 Å². The van der Waals surface area contributed by atoms with E-state index in [4.69, 9.17) is 11.6 Å². The molecule has 15 heavy (non-hydrogen) atoms. The van der Waals surface area contributed by atoms with E-state index in [2.05, 4.69) is 14.7 Å². The number of nitrogens with one attached hydrogen (secondary N) is 1. The maximum absolute atomic E-state index is 12.1. The zero-order chi connectivity index (χ0) is 10.8. The lowest BCUT2D eigenvalue weighted by atomic mass is 10.2. The molecule has 0 bridgehead atoms. The molecule has 0 aliphatic heterocycles. The van der Waals surface area contributed by atoms with E-state index in [1.54, 1.807) is 6.07 Å². The molecule has 0 unspecified atom stereocenters. The third-order valence-corrected chi connectivity index (χ3v) is 2.23. The van der Waals surface area contributed by atoms with E-state index in [9.17, 15) is 8.78 Å². The van der Waals surface area contributed by atoms with Crippen molar-refractivity contribution in [3.05, 3.63) is 24.0 Å². The molecule has 1 heterocycles. The molecule has 1 aromatic carbocycles. The summed E-state index contributed by atoms with van der Waals surface area (Å²) in [5, 5.41) is 0. The minimum atomic E-state index is -2.87. The van der Waals surface area contributed by atoms with Gasteiger partial charge in [-0.05, 0) is 17.7 Å². The Morgan fingerprint density at radius 3 is 2.93 bits per heavy atom. The van der Waals surface area contributed by atoms with Gasteiger partial charge in [0.25, 0.3) is 0 Å². The molecule has 0 saturated carbocycles. The van der Waals surface area contributed by atoms with Crippen LogP contribution in [0, 0.1) is 0 Å². The fourth-order valence-electron chi connectivity index (χ4n) is 1.34. The van der Waals surface area contributed by atoms with Crippen LogP contribution in [0.15, 0.2) is 18.5 Å². The molecule has 1 N–H and O–H groups in total. The quantitative estimate of drug-likeness (QED) is 0.827. The zero-order valence-corrected chi connectivity index (χ0v) is 8.26. The zero-order valence-electron chi connectivity index (χ0n) is 7.51. The molecule has 0 radical (unpaired) electrons. The van der Waals surface area contributed by atoms with Gasteiger partial charge in [-0.15, -0.1) is 11.6 Å². The van der Waals surface area contributed by atoms with E-state index >= 15 is 0 Å². The number of ether oxygens (including phenoxy) is 1. The molecule has 0 saturated heterocycles. The van der Waals surface area contributed by atoms with Gasteiger partial charge in [0.15, 0.2) is 5.75 Å². The Kier molecular flexibility index (Phi) is 2.73. The summed E-state index contributed by atoms with van der Waals surface area (Å²) in [6.45, 7) is -2.87. The highest BCUT2D eigenvalue weighted by Gasteiger charge is 2.11. The van der Waals surface area contributed by atoms with Gasteiger partial charge in [0.1, 0.15) is 5.52 Å². The van der Waals surface area contributed by atoms with Crippen LogP contribution in [0.5, 0.6) is 5.75 Å². The van der Waals surface area contributed by atoms with Gasteiger partial charge in [-0.1, -0.05) is 0 Å². The highest BCUT2D eigenvalue weighted by atomic mass is 35.5. The van der Waals surface area contributed by atoms with Crippen molar-refractivity contribution in [1.29, 1.82) is 0 Å². The number of rotatable bonds is 3. The molecule has 0 spiro atoms. The molecule has 0 atom stereocenters. The van der Waals surface area contributed by atoms with Crippen LogP contribution in [0.4, 0.5) is 8.78 Å². The fourth-order valence-corrected chi connectivity index (χ4v) is 1.49. The van der Waals surface area contributed by atoms with E-state index in [1.165, 1.54) is 12.4 Å². The molecule has 0 aliphatic carbocycles. The van der Waals surface area contributed by atoms with Crippen LogP contribution in [-0.4, -0.2) is 16.6 Å². The minimum Gasteiger partial charge on any atom is -0.432 e. The number of hydrogen-bond donors (Lipinski definition) is 1. The maximum Gasteiger partial charge on any atom is 0.387 e. The first-order valence-corrected chi connectivity index (χ1v) is 4.71. The van der Waals surface area contributed by atoms with E-state index in [1.807, 2.05) is 0 Å². The van der Waals surface area contributed by atoms with Crippen molar-refractivity contribution in [3.8, 4) is 5.75 Å². The first-order valence-electron chi connectivity index (χ1n) is 4.17. The molecular formula is C9H7ClF2N2O. The standard InChI is InChI=1S/C9H7ClF2N2O/c10-3-5-1-6-8(14-4-13-6)7(2-5)15-9(11)12/h1-2,4,9H,3H2,(H,13,14). The first-order chi connectivity index (χ1) is 7.20. The van der Waals surface area contributed by atoms with Crippen molar-refractivity contribution in [2.45, 2.75) is 12.5 Å². The lowest BCUT2D eigenvalue weighted by Gasteiger charge is -2.06. The Bertz CT molecular complexity index is 472. The number of benzene rings is 1. The minimum absolute atomic E-state index is 0.0411. The van der Waals surface area contributed by atoms with E-state index in [0.29, 0.717) is 16.6 Å². The first kappa shape index (κ1) is 10.2. The van der Waals surface area contributed by atoms with Crippen LogP contribution in [0.25, 0.3) is 11.0 Å². The molecule has 2 aromatic rings. The predicted octanol–water partition coefficient (Wildman–Crippen LogP) is 2.90. The molecule has 3 nitrogen and oxygen atoms in total. The van der Waals surface area contributed by atoms with Gasteiger partial charge in [-0.3, -0.25) is 0 Å². The number of halogens is 3. The Labute approximate surface area is 89.0 Å². The molecule has 80 valence electrons. The maximum atomic E-state index is 12.1. The lowest BCUT2D eigenvalue weighted by molar-refractivity contribution is -0.0489. The Balaban J connectivity index is 2.53. The number of imidazole rings is 1. The molecule has 0 fully saturated rings. The third-order valence-electron chi connectivity index (χ3n) is 1.92. The second-order valence-corrected chi connectivity index (χ2v) is 3.17. The molecule has 1 aromatic heterocycles. The van der Waals surface area contributed by atoms with Gasteiger partial charge in [0.05, 0.1) is 11.8 Å². The van der Waals surface area contributed by atoms with Crippen LogP contribution in [0.1, 0.15) is 5.56 Å². The smallest absolute Gasteiger partial charge is 0.387 e. The van der Waals surface area contributed by atoms with Crippen LogP contribution in [-0.2, 0) is 5.88 Å². The van der Waals surface area contributed by atoms with Gasteiger partial charge in [0.2, 0.25) is 0 Å². The SMILES string of the molecule is FC(F)Oc1cc(CCl)cc2[nH]cnc12. The third kappa shape index (κ3) is 2.02. The van der Waals surface area contributed by atoms with E-state index in [-0.39, 0.29) is 11.6 Å². The summed E-state index contributed by atoms with van der Waals surface area (Å²) < 4.78 is 28.5. The predicted molar refractivity (Wildman–Crippen MR) is 52.3 cm³/mol. The number of alkyl halides is 3. The number of fused-ring (bicyclic) bond motifs is 1. The second-order valence-electron chi connectivity index (χ2n) is 2.90. The number of nitrogens with zero attached hydrogens (tertiary/aromatic N) is 1. The van der Waals surface area contributed by atoms with Gasteiger partial charge < -0.3 is 9.72 Å². The van der Waals surface area contributed by atoms with Crippen molar-refractivity contribution < 1.29 is 13.5 Å². The molecule has 6 heteroatoms. The van der Waals surface area contributed by atoms with Gasteiger partial charge in [0, 0.05) is 5.88 Å². The second kappa shape index (κ2) is 4.02. The van der Waals surface area contributed by atoms with Gasteiger partial charge in [-0.25, -0.2) is 4.98 Å². The van der Waals surface area contributed by atoms with Gasteiger partial charge >= 0.3 is 6.61 Å². The summed E-state index contributed by atoms with van der Waals surface area (Å²) in [6.07, 6.45) is 1.42. The van der Waals surface area contributed by atoms with E-state index < -0.39 is 6.61 Å². The molecule has 2 rings (SSSR count). The summed E-state index contributed by atoms with van der Waals surface area (Å²) in [6, 6.07) is 3.20. The van der Waals surface area contributed by atoms with Crippen molar-refractivity contribution >= 4 is 22.6 Å². The summed E-state index contributed by atoms with van der Waals surface area (Å²) in [5.74, 6) is 0.272. The summed E-state index contributed by atoms with van der Waals surface area (Å²) >= 11 is 5.63. The van der Waals surface area contributed by atoms with Crippen LogP contribution in [0.2, 0.25) is 0 Å². The normalized spacial score (nSPS) is 11.2. The Hall–Kier alpha value is -1.36.